The summed E-state index contributed by atoms with van der Waals surface area (Å²) in [5, 5.41) is 7.24. The van der Waals surface area contributed by atoms with Gasteiger partial charge in [-0.25, -0.2) is 4.98 Å². The Labute approximate surface area is 125 Å². The molecule has 0 atom stereocenters. The number of nitrogens with zero attached hydrogens (tertiary/aromatic N) is 2. The largest absolute Gasteiger partial charge is 0.348 e. The van der Waals surface area contributed by atoms with E-state index in [4.69, 9.17) is 0 Å². The Bertz CT molecular complexity index is 640. The van der Waals surface area contributed by atoms with Gasteiger partial charge in [0.2, 0.25) is 0 Å². The maximum Gasteiger partial charge on any atom is 0.270 e. The number of nitrogens with one attached hydrogen (secondary N) is 2. The quantitative estimate of drug-likeness (QED) is 0.879. The zero-order valence-electron chi connectivity index (χ0n) is 10.9. The van der Waals surface area contributed by atoms with E-state index >= 15 is 0 Å². The molecular weight excluding hydrogens is 320 g/mol. The monoisotopic (exact) mass is 334 g/mol. The first-order chi connectivity index (χ1) is 9.74. The Morgan fingerprint density at radius 1 is 1.30 bits per heavy atom. The minimum absolute atomic E-state index is 0.109. The first kappa shape index (κ1) is 13.5. The molecule has 104 valence electrons. The van der Waals surface area contributed by atoms with Crippen LogP contribution in [0.2, 0.25) is 0 Å². The number of fused-ring (bicyclic) bond motifs is 1. The second-order valence-corrected chi connectivity index (χ2v) is 5.74. The molecule has 3 rings (SSSR count). The first-order valence-corrected chi connectivity index (χ1v) is 7.45. The standard InChI is InChI=1S/C14H15BrN4O/c15-11-8-17-7-9-1-2-12(19-13(9)11)14(20)18-10-3-5-16-6-4-10/h1-2,7-8,10,16H,3-6H2,(H,18,20). The maximum absolute atomic E-state index is 12.2. The summed E-state index contributed by atoms with van der Waals surface area (Å²) >= 11 is 3.41. The highest BCUT2D eigenvalue weighted by molar-refractivity contribution is 9.10. The zero-order valence-corrected chi connectivity index (χ0v) is 12.5. The normalized spacial score (nSPS) is 16.2. The van der Waals surface area contributed by atoms with E-state index < -0.39 is 0 Å². The van der Waals surface area contributed by atoms with Gasteiger partial charge in [-0.3, -0.25) is 9.78 Å². The fraction of sp³-hybridized carbons (Fsp3) is 0.357. The topological polar surface area (TPSA) is 66.9 Å². The lowest BCUT2D eigenvalue weighted by molar-refractivity contribution is 0.0925. The molecule has 3 heterocycles. The molecule has 0 radical (unpaired) electrons. The highest BCUT2D eigenvalue weighted by Gasteiger charge is 2.17. The van der Waals surface area contributed by atoms with Crippen LogP contribution in [-0.4, -0.2) is 35.0 Å². The summed E-state index contributed by atoms with van der Waals surface area (Å²) in [4.78, 5) is 20.8. The van der Waals surface area contributed by atoms with E-state index in [1.807, 2.05) is 6.07 Å². The number of carbonyl (C=O) groups excluding carboxylic acids is 1. The first-order valence-electron chi connectivity index (χ1n) is 6.66. The SMILES string of the molecule is O=C(NC1CCNCC1)c1ccc2cncc(Br)c2n1. The summed E-state index contributed by atoms with van der Waals surface area (Å²) in [5.41, 5.74) is 1.21. The van der Waals surface area contributed by atoms with E-state index in [9.17, 15) is 4.79 Å². The number of pyridine rings is 2. The average Bonchev–Trinajstić information content (AvgIpc) is 2.48. The number of rotatable bonds is 2. The van der Waals surface area contributed by atoms with Crippen LogP contribution >= 0.6 is 15.9 Å². The summed E-state index contributed by atoms with van der Waals surface area (Å²) < 4.78 is 0.798. The van der Waals surface area contributed by atoms with E-state index in [-0.39, 0.29) is 11.9 Å². The molecule has 0 unspecified atom stereocenters. The predicted octanol–water partition coefficient (Wildman–Crippen LogP) is 1.87. The molecule has 1 aliphatic heterocycles. The lowest BCUT2D eigenvalue weighted by Gasteiger charge is -2.23. The average molecular weight is 335 g/mol. The van der Waals surface area contributed by atoms with Gasteiger partial charge in [0.1, 0.15) is 5.69 Å². The number of hydrogen-bond acceptors (Lipinski definition) is 4. The number of piperidine rings is 1. The third kappa shape index (κ3) is 2.81. The van der Waals surface area contributed by atoms with Crippen molar-refractivity contribution >= 4 is 32.7 Å². The molecule has 2 aromatic rings. The summed E-state index contributed by atoms with van der Waals surface area (Å²) in [6.07, 6.45) is 5.35. The number of carbonyl (C=O) groups is 1. The Balaban J connectivity index is 1.82. The maximum atomic E-state index is 12.2. The van der Waals surface area contributed by atoms with Gasteiger partial charge in [-0.15, -0.1) is 0 Å². The van der Waals surface area contributed by atoms with E-state index in [0.29, 0.717) is 5.69 Å². The number of hydrogen-bond donors (Lipinski definition) is 2. The van der Waals surface area contributed by atoms with E-state index in [0.717, 1.165) is 41.3 Å². The van der Waals surface area contributed by atoms with Crippen molar-refractivity contribution in [2.24, 2.45) is 0 Å². The van der Waals surface area contributed by atoms with E-state index in [1.165, 1.54) is 0 Å². The van der Waals surface area contributed by atoms with Crippen LogP contribution in [-0.2, 0) is 0 Å². The Morgan fingerprint density at radius 2 is 2.10 bits per heavy atom. The van der Waals surface area contributed by atoms with Crippen molar-refractivity contribution in [3.05, 3.63) is 34.7 Å². The second-order valence-electron chi connectivity index (χ2n) is 4.89. The summed E-state index contributed by atoms with van der Waals surface area (Å²) in [6.45, 7) is 1.90. The van der Waals surface area contributed by atoms with Crippen LogP contribution in [0.3, 0.4) is 0 Å². The van der Waals surface area contributed by atoms with Gasteiger partial charge in [0.05, 0.1) is 9.99 Å². The number of amides is 1. The van der Waals surface area contributed by atoms with Crippen LogP contribution < -0.4 is 10.6 Å². The van der Waals surface area contributed by atoms with Crippen LogP contribution in [0.1, 0.15) is 23.3 Å². The minimum Gasteiger partial charge on any atom is -0.348 e. The van der Waals surface area contributed by atoms with Gasteiger partial charge in [-0.1, -0.05) is 0 Å². The highest BCUT2D eigenvalue weighted by Crippen LogP contribution is 2.20. The van der Waals surface area contributed by atoms with Crippen molar-refractivity contribution in [3.63, 3.8) is 0 Å². The minimum atomic E-state index is -0.109. The lowest BCUT2D eigenvalue weighted by atomic mass is 10.1. The van der Waals surface area contributed by atoms with Crippen LogP contribution in [0.4, 0.5) is 0 Å². The molecule has 2 N–H and O–H groups in total. The highest BCUT2D eigenvalue weighted by atomic mass is 79.9. The molecule has 2 aromatic heterocycles. The van der Waals surface area contributed by atoms with Gasteiger partial charge >= 0.3 is 0 Å². The van der Waals surface area contributed by atoms with Crippen molar-refractivity contribution in [1.82, 2.24) is 20.6 Å². The number of halogens is 1. The molecule has 0 aromatic carbocycles. The molecule has 1 aliphatic rings. The molecule has 5 nitrogen and oxygen atoms in total. The number of aromatic nitrogens is 2. The fourth-order valence-electron chi connectivity index (χ4n) is 2.36. The van der Waals surface area contributed by atoms with Crippen molar-refractivity contribution in [2.75, 3.05) is 13.1 Å². The molecule has 0 saturated carbocycles. The Kier molecular flexibility index (Phi) is 3.93. The van der Waals surface area contributed by atoms with Crippen molar-refractivity contribution < 1.29 is 4.79 Å². The summed E-state index contributed by atoms with van der Waals surface area (Å²) in [5.74, 6) is -0.109. The van der Waals surface area contributed by atoms with Crippen LogP contribution in [0.15, 0.2) is 29.0 Å². The van der Waals surface area contributed by atoms with E-state index in [2.05, 4.69) is 36.5 Å². The van der Waals surface area contributed by atoms with Crippen LogP contribution in [0, 0.1) is 0 Å². The van der Waals surface area contributed by atoms with Gasteiger partial charge in [-0.05, 0) is 54.0 Å². The lowest BCUT2D eigenvalue weighted by Crippen LogP contribution is -2.42. The Morgan fingerprint density at radius 3 is 2.90 bits per heavy atom. The predicted molar refractivity (Wildman–Crippen MR) is 80.6 cm³/mol. The smallest absolute Gasteiger partial charge is 0.270 e. The molecule has 1 amide bonds. The molecule has 0 spiro atoms. The van der Waals surface area contributed by atoms with Gasteiger partial charge in [0.25, 0.3) is 5.91 Å². The third-order valence-corrected chi connectivity index (χ3v) is 4.04. The zero-order chi connectivity index (χ0) is 13.9. The molecule has 1 saturated heterocycles. The summed E-state index contributed by atoms with van der Waals surface area (Å²) in [6, 6.07) is 3.85. The molecular formula is C14H15BrN4O. The van der Waals surface area contributed by atoms with Gasteiger partial charge in [-0.2, -0.15) is 0 Å². The van der Waals surface area contributed by atoms with Crippen molar-refractivity contribution in [2.45, 2.75) is 18.9 Å². The van der Waals surface area contributed by atoms with Gasteiger partial charge in [0, 0.05) is 23.8 Å². The van der Waals surface area contributed by atoms with Crippen molar-refractivity contribution in [3.8, 4) is 0 Å². The second kappa shape index (κ2) is 5.85. The third-order valence-electron chi connectivity index (χ3n) is 3.46. The molecule has 0 bridgehead atoms. The van der Waals surface area contributed by atoms with Gasteiger partial charge < -0.3 is 10.6 Å². The Hall–Kier alpha value is -1.53. The molecule has 20 heavy (non-hydrogen) atoms. The molecule has 1 fully saturated rings. The fourth-order valence-corrected chi connectivity index (χ4v) is 2.80. The molecule has 6 heteroatoms. The molecule has 0 aliphatic carbocycles. The summed E-state index contributed by atoms with van der Waals surface area (Å²) in [7, 11) is 0. The van der Waals surface area contributed by atoms with E-state index in [1.54, 1.807) is 18.5 Å². The van der Waals surface area contributed by atoms with Crippen molar-refractivity contribution in [1.29, 1.82) is 0 Å². The van der Waals surface area contributed by atoms with Crippen LogP contribution in [0.25, 0.3) is 10.9 Å². The van der Waals surface area contributed by atoms with Crippen LogP contribution in [0.5, 0.6) is 0 Å². The van der Waals surface area contributed by atoms with Gasteiger partial charge in [0.15, 0.2) is 0 Å².